The van der Waals surface area contributed by atoms with Crippen molar-refractivity contribution in [1.82, 2.24) is 9.55 Å². The number of aryl methyl sites for hydroxylation is 1. The summed E-state index contributed by atoms with van der Waals surface area (Å²) in [5.74, 6) is 0.00349. The molecule has 3 rings (SSSR count). The van der Waals surface area contributed by atoms with E-state index in [-0.39, 0.29) is 23.2 Å². The van der Waals surface area contributed by atoms with Crippen LogP contribution >= 0.6 is 11.8 Å². The number of aliphatic hydroxyl groups is 1. The van der Waals surface area contributed by atoms with Crippen LogP contribution in [0.5, 0.6) is 0 Å². The smallest absolute Gasteiger partial charge is 0.262 e. The van der Waals surface area contributed by atoms with Crippen LogP contribution in [-0.4, -0.2) is 32.3 Å². The molecule has 0 aliphatic carbocycles. The van der Waals surface area contributed by atoms with E-state index in [1.165, 1.54) is 17.3 Å². The van der Waals surface area contributed by atoms with E-state index < -0.39 is 0 Å². The van der Waals surface area contributed by atoms with Crippen LogP contribution in [0.3, 0.4) is 0 Å². The van der Waals surface area contributed by atoms with E-state index in [2.05, 4.69) is 11.9 Å². The average molecular weight is 397 g/mol. The third kappa shape index (κ3) is 4.34. The number of thioether (sulfide) groups is 1. The van der Waals surface area contributed by atoms with E-state index in [1.54, 1.807) is 22.8 Å². The summed E-state index contributed by atoms with van der Waals surface area (Å²) in [7, 11) is 0. The Kier molecular flexibility index (Phi) is 6.65. The molecular formula is C22H24N2O3S. The number of carbonyl (C=O) groups excluding carboxylic acids is 1. The average Bonchev–Trinajstić information content (AvgIpc) is 2.73. The summed E-state index contributed by atoms with van der Waals surface area (Å²) in [6, 6.07) is 14.8. The largest absolute Gasteiger partial charge is 0.396 e. The van der Waals surface area contributed by atoms with Crippen molar-refractivity contribution in [3.05, 3.63) is 70.0 Å². The molecule has 0 fully saturated rings. The molecule has 1 unspecified atom stereocenters. The number of aliphatic hydroxyl groups excluding tert-OH is 1. The molecule has 1 heterocycles. The normalized spacial score (nSPS) is 12.2. The maximum absolute atomic E-state index is 12.9. The molecule has 0 radical (unpaired) electrons. The van der Waals surface area contributed by atoms with Crippen molar-refractivity contribution < 1.29 is 9.90 Å². The predicted octanol–water partition coefficient (Wildman–Crippen LogP) is 3.70. The van der Waals surface area contributed by atoms with Crippen LogP contribution in [0.1, 0.15) is 36.2 Å². The summed E-state index contributed by atoms with van der Waals surface area (Å²) in [5, 5.41) is 9.84. The summed E-state index contributed by atoms with van der Waals surface area (Å²) in [6.45, 7) is 4.26. The van der Waals surface area contributed by atoms with Crippen molar-refractivity contribution in [1.29, 1.82) is 0 Å². The molecule has 1 atom stereocenters. The van der Waals surface area contributed by atoms with E-state index in [0.29, 0.717) is 34.6 Å². The number of aromatic nitrogens is 2. The minimum atomic E-state index is -0.388. The summed E-state index contributed by atoms with van der Waals surface area (Å²) >= 11 is 1.28. The Labute approximate surface area is 168 Å². The Hall–Kier alpha value is -2.44. The second-order valence-corrected chi connectivity index (χ2v) is 7.93. The number of para-hydroxylation sites is 1. The lowest BCUT2D eigenvalue weighted by atomic mass is 10.1. The number of fused-ring (bicyclic) bond motifs is 1. The summed E-state index contributed by atoms with van der Waals surface area (Å²) in [4.78, 5) is 30.4. The van der Waals surface area contributed by atoms with Gasteiger partial charge < -0.3 is 5.11 Å². The second kappa shape index (κ2) is 9.17. The van der Waals surface area contributed by atoms with Gasteiger partial charge in [-0.3, -0.25) is 14.2 Å². The van der Waals surface area contributed by atoms with Gasteiger partial charge in [0.05, 0.1) is 16.2 Å². The van der Waals surface area contributed by atoms with Crippen molar-refractivity contribution in [3.63, 3.8) is 0 Å². The zero-order chi connectivity index (χ0) is 20.1. The maximum atomic E-state index is 12.9. The Morgan fingerprint density at radius 3 is 2.57 bits per heavy atom. The standard InChI is InChI=1S/C22H24N2O3S/c1-3-16-9-11-17(12-10-16)20(26)15(2)28-22-23-19-8-5-4-7-18(19)21(27)24(22)13-6-14-25/h4-5,7-12,15,25H,3,6,13-14H2,1-2H3. The van der Waals surface area contributed by atoms with Gasteiger partial charge in [0, 0.05) is 18.7 Å². The molecule has 2 aromatic carbocycles. The van der Waals surface area contributed by atoms with Gasteiger partial charge in [-0.25, -0.2) is 4.98 Å². The summed E-state index contributed by atoms with van der Waals surface area (Å²) in [6.07, 6.45) is 1.38. The van der Waals surface area contributed by atoms with Gasteiger partial charge in [-0.15, -0.1) is 0 Å². The molecule has 0 aliphatic heterocycles. The molecule has 0 aliphatic rings. The fourth-order valence-electron chi connectivity index (χ4n) is 3.01. The number of Topliss-reactive ketones (excluding diaryl/α,β-unsaturated/α-hetero) is 1. The number of rotatable bonds is 8. The van der Waals surface area contributed by atoms with Crippen molar-refractivity contribution in [2.24, 2.45) is 0 Å². The van der Waals surface area contributed by atoms with Gasteiger partial charge in [0.1, 0.15) is 0 Å². The first-order valence-electron chi connectivity index (χ1n) is 9.45. The van der Waals surface area contributed by atoms with Gasteiger partial charge in [0.25, 0.3) is 5.56 Å². The van der Waals surface area contributed by atoms with Gasteiger partial charge in [0.2, 0.25) is 0 Å². The highest BCUT2D eigenvalue weighted by atomic mass is 32.2. The van der Waals surface area contributed by atoms with Crippen LogP contribution < -0.4 is 5.56 Å². The Bertz CT molecular complexity index is 1030. The zero-order valence-corrected chi connectivity index (χ0v) is 16.9. The highest BCUT2D eigenvalue weighted by Crippen LogP contribution is 2.25. The van der Waals surface area contributed by atoms with E-state index in [4.69, 9.17) is 0 Å². The molecule has 0 amide bonds. The van der Waals surface area contributed by atoms with E-state index in [9.17, 15) is 14.7 Å². The number of hydrogen-bond donors (Lipinski definition) is 1. The molecule has 3 aromatic rings. The molecule has 0 saturated carbocycles. The minimum Gasteiger partial charge on any atom is -0.396 e. The Balaban J connectivity index is 1.92. The molecule has 28 heavy (non-hydrogen) atoms. The molecule has 0 spiro atoms. The fraction of sp³-hybridized carbons (Fsp3) is 0.318. The van der Waals surface area contributed by atoms with Crippen molar-refractivity contribution in [3.8, 4) is 0 Å². The van der Waals surface area contributed by atoms with E-state index in [0.717, 1.165) is 6.42 Å². The topological polar surface area (TPSA) is 72.2 Å². The van der Waals surface area contributed by atoms with Gasteiger partial charge in [-0.1, -0.05) is 55.1 Å². The highest BCUT2D eigenvalue weighted by Gasteiger charge is 2.20. The van der Waals surface area contributed by atoms with Crippen molar-refractivity contribution in [2.75, 3.05) is 6.61 Å². The van der Waals surface area contributed by atoms with Gasteiger partial charge in [0.15, 0.2) is 10.9 Å². The number of carbonyl (C=O) groups is 1. The first-order chi connectivity index (χ1) is 13.5. The predicted molar refractivity (Wildman–Crippen MR) is 113 cm³/mol. The number of nitrogens with zero attached hydrogens (tertiary/aromatic N) is 2. The van der Waals surface area contributed by atoms with Crippen molar-refractivity contribution >= 4 is 28.4 Å². The molecule has 1 N–H and O–H groups in total. The molecule has 1 aromatic heterocycles. The summed E-state index contributed by atoms with van der Waals surface area (Å²) in [5.41, 5.74) is 2.31. The van der Waals surface area contributed by atoms with E-state index >= 15 is 0 Å². The van der Waals surface area contributed by atoms with Crippen LogP contribution in [0.25, 0.3) is 10.9 Å². The number of benzene rings is 2. The van der Waals surface area contributed by atoms with Crippen LogP contribution in [0.2, 0.25) is 0 Å². The van der Waals surface area contributed by atoms with E-state index in [1.807, 2.05) is 37.3 Å². The lowest BCUT2D eigenvalue weighted by Crippen LogP contribution is -2.25. The lowest BCUT2D eigenvalue weighted by molar-refractivity contribution is 0.0993. The Morgan fingerprint density at radius 2 is 1.89 bits per heavy atom. The van der Waals surface area contributed by atoms with Crippen LogP contribution in [0.4, 0.5) is 0 Å². The molecule has 5 nitrogen and oxygen atoms in total. The first kappa shape index (κ1) is 20.3. The molecule has 0 bridgehead atoms. The Morgan fingerprint density at radius 1 is 1.18 bits per heavy atom. The van der Waals surface area contributed by atoms with Gasteiger partial charge in [-0.2, -0.15) is 0 Å². The third-order valence-electron chi connectivity index (χ3n) is 4.66. The third-order valence-corrected chi connectivity index (χ3v) is 5.75. The molecule has 6 heteroatoms. The monoisotopic (exact) mass is 396 g/mol. The van der Waals surface area contributed by atoms with Gasteiger partial charge >= 0.3 is 0 Å². The van der Waals surface area contributed by atoms with Crippen LogP contribution in [0.15, 0.2) is 58.5 Å². The quantitative estimate of drug-likeness (QED) is 0.357. The summed E-state index contributed by atoms with van der Waals surface area (Å²) < 4.78 is 1.56. The second-order valence-electron chi connectivity index (χ2n) is 6.62. The van der Waals surface area contributed by atoms with Crippen LogP contribution in [0, 0.1) is 0 Å². The highest BCUT2D eigenvalue weighted by molar-refractivity contribution is 8.00. The SMILES string of the molecule is CCc1ccc(C(=O)C(C)Sc2nc3ccccc3c(=O)n2CCCO)cc1. The first-order valence-corrected chi connectivity index (χ1v) is 10.3. The maximum Gasteiger partial charge on any atom is 0.262 e. The van der Waals surface area contributed by atoms with Crippen LogP contribution in [-0.2, 0) is 13.0 Å². The molecule has 146 valence electrons. The zero-order valence-electron chi connectivity index (χ0n) is 16.1. The lowest BCUT2D eigenvalue weighted by Gasteiger charge is -2.16. The number of hydrogen-bond acceptors (Lipinski definition) is 5. The fourth-order valence-corrected chi connectivity index (χ4v) is 4.03. The van der Waals surface area contributed by atoms with Gasteiger partial charge in [-0.05, 0) is 37.5 Å². The molecule has 0 saturated heterocycles. The van der Waals surface area contributed by atoms with Crippen molar-refractivity contribution in [2.45, 2.75) is 43.6 Å². The molecular weight excluding hydrogens is 372 g/mol. The minimum absolute atomic E-state index is 0.00349. The number of ketones is 1.